The first-order valence-electron chi connectivity index (χ1n) is 4.31. The van der Waals surface area contributed by atoms with Crippen molar-refractivity contribution in [3.63, 3.8) is 0 Å². The average Bonchev–Trinajstić information content (AvgIpc) is 2.82. The summed E-state index contributed by atoms with van der Waals surface area (Å²) in [5.41, 5.74) is 2.82. The number of nitrogens with one attached hydrogen (secondary N) is 2. The SMILES string of the molecule is NNc1ccc(C(=O)Nc2cnns2)cn1. The molecule has 2 heterocycles. The highest BCUT2D eigenvalue weighted by atomic mass is 32.1. The number of nitrogens with zero attached hydrogens (tertiary/aromatic N) is 3. The van der Waals surface area contributed by atoms with E-state index in [4.69, 9.17) is 5.84 Å². The Hall–Kier alpha value is -2.06. The summed E-state index contributed by atoms with van der Waals surface area (Å²) in [5.74, 6) is 5.39. The molecule has 0 aliphatic rings. The second-order valence-electron chi connectivity index (χ2n) is 2.81. The molecule has 0 spiro atoms. The Morgan fingerprint density at radius 2 is 2.25 bits per heavy atom. The first-order valence-corrected chi connectivity index (χ1v) is 5.08. The summed E-state index contributed by atoms with van der Waals surface area (Å²) in [5, 5.41) is 6.84. The Morgan fingerprint density at radius 3 is 2.81 bits per heavy atom. The number of hydrogen-bond donors (Lipinski definition) is 3. The number of rotatable bonds is 3. The first kappa shape index (κ1) is 10.5. The molecule has 8 heteroatoms. The van der Waals surface area contributed by atoms with Gasteiger partial charge in [-0.3, -0.25) is 4.79 Å². The largest absolute Gasteiger partial charge is 0.311 e. The van der Waals surface area contributed by atoms with Crippen LogP contribution in [0, 0.1) is 0 Å². The van der Waals surface area contributed by atoms with Crippen LogP contribution in [0.1, 0.15) is 10.4 Å². The predicted molar refractivity (Wildman–Crippen MR) is 59.9 cm³/mol. The van der Waals surface area contributed by atoms with Crippen LogP contribution in [0.15, 0.2) is 24.5 Å². The van der Waals surface area contributed by atoms with Gasteiger partial charge < -0.3 is 10.7 Å². The van der Waals surface area contributed by atoms with Crippen molar-refractivity contribution in [3.05, 3.63) is 30.1 Å². The molecule has 0 aliphatic heterocycles. The number of nitrogens with two attached hydrogens (primary N) is 1. The van der Waals surface area contributed by atoms with Gasteiger partial charge in [-0.25, -0.2) is 10.8 Å². The number of amides is 1. The molecule has 2 rings (SSSR count). The summed E-state index contributed by atoms with van der Waals surface area (Å²) >= 11 is 1.11. The molecule has 0 atom stereocenters. The second-order valence-corrected chi connectivity index (χ2v) is 3.60. The lowest BCUT2D eigenvalue weighted by Gasteiger charge is -2.02. The summed E-state index contributed by atoms with van der Waals surface area (Å²) < 4.78 is 3.63. The van der Waals surface area contributed by atoms with Crippen molar-refractivity contribution < 1.29 is 4.79 Å². The summed E-state index contributed by atoms with van der Waals surface area (Å²) in [4.78, 5) is 15.6. The number of anilines is 2. The zero-order valence-electron chi connectivity index (χ0n) is 8.04. The van der Waals surface area contributed by atoms with Crippen LogP contribution in [0.2, 0.25) is 0 Å². The van der Waals surface area contributed by atoms with Crippen molar-refractivity contribution in [3.8, 4) is 0 Å². The van der Waals surface area contributed by atoms with Crippen LogP contribution in [-0.4, -0.2) is 20.5 Å². The minimum atomic E-state index is -0.262. The van der Waals surface area contributed by atoms with Gasteiger partial charge in [0.2, 0.25) is 0 Å². The lowest BCUT2D eigenvalue weighted by Crippen LogP contribution is -2.13. The molecule has 2 aromatic heterocycles. The van der Waals surface area contributed by atoms with Crippen molar-refractivity contribution >= 4 is 28.3 Å². The van der Waals surface area contributed by atoms with Gasteiger partial charge in [0, 0.05) is 17.7 Å². The van der Waals surface area contributed by atoms with Crippen molar-refractivity contribution in [2.24, 2.45) is 5.84 Å². The summed E-state index contributed by atoms with van der Waals surface area (Å²) in [7, 11) is 0. The highest BCUT2D eigenvalue weighted by Gasteiger charge is 2.07. The van der Waals surface area contributed by atoms with Crippen LogP contribution in [0.5, 0.6) is 0 Å². The third-order valence-corrected chi connectivity index (χ3v) is 2.35. The molecular weight excluding hydrogens is 228 g/mol. The molecule has 0 aromatic carbocycles. The normalized spacial score (nSPS) is 9.81. The smallest absolute Gasteiger partial charge is 0.257 e. The van der Waals surface area contributed by atoms with Gasteiger partial charge >= 0.3 is 0 Å². The van der Waals surface area contributed by atoms with Crippen LogP contribution < -0.4 is 16.6 Å². The van der Waals surface area contributed by atoms with Gasteiger partial charge in [0.15, 0.2) is 0 Å². The van der Waals surface area contributed by atoms with Gasteiger partial charge in [0.1, 0.15) is 10.8 Å². The molecule has 0 unspecified atom stereocenters. The molecule has 0 fully saturated rings. The third kappa shape index (κ3) is 2.30. The van der Waals surface area contributed by atoms with Gasteiger partial charge in [0.25, 0.3) is 5.91 Å². The first-order chi connectivity index (χ1) is 7.79. The minimum absolute atomic E-state index is 0.262. The zero-order chi connectivity index (χ0) is 11.4. The Bertz CT molecular complexity index is 468. The molecule has 7 nitrogen and oxygen atoms in total. The minimum Gasteiger partial charge on any atom is -0.311 e. The average molecular weight is 236 g/mol. The highest BCUT2D eigenvalue weighted by molar-refractivity contribution is 7.10. The molecule has 1 amide bonds. The van der Waals surface area contributed by atoms with Crippen molar-refractivity contribution in [1.29, 1.82) is 0 Å². The number of aromatic nitrogens is 3. The fraction of sp³-hybridized carbons (Fsp3) is 0. The van der Waals surface area contributed by atoms with E-state index >= 15 is 0 Å². The fourth-order valence-corrected chi connectivity index (χ4v) is 1.43. The molecule has 82 valence electrons. The number of nitrogen functional groups attached to an aromatic ring is 1. The van der Waals surface area contributed by atoms with E-state index in [2.05, 4.69) is 25.3 Å². The van der Waals surface area contributed by atoms with Crippen LogP contribution in [0.4, 0.5) is 10.8 Å². The van der Waals surface area contributed by atoms with Crippen LogP contribution in [0.25, 0.3) is 0 Å². The van der Waals surface area contributed by atoms with E-state index in [1.165, 1.54) is 12.4 Å². The molecule has 0 saturated carbocycles. The van der Waals surface area contributed by atoms with E-state index in [1.54, 1.807) is 12.1 Å². The molecule has 16 heavy (non-hydrogen) atoms. The van der Waals surface area contributed by atoms with Crippen LogP contribution in [-0.2, 0) is 0 Å². The van der Waals surface area contributed by atoms with E-state index in [0.717, 1.165) is 11.5 Å². The quantitative estimate of drug-likeness (QED) is 0.528. The Balaban J connectivity index is 2.09. The van der Waals surface area contributed by atoms with E-state index < -0.39 is 0 Å². The molecule has 0 saturated heterocycles. The van der Waals surface area contributed by atoms with E-state index in [-0.39, 0.29) is 5.91 Å². The molecule has 0 radical (unpaired) electrons. The Morgan fingerprint density at radius 1 is 1.38 bits per heavy atom. The van der Waals surface area contributed by atoms with E-state index in [0.29, 0.717) is 16.4 Å². The van der Waals surface area contributed by atoms with Gasteiger partial charge in [-0.2, -0.15) is 0 Å². The molecule has 0 aliphatic carbocycles. The van der Waals surface area contributed by atoms with Crippen molar-refractivity contribution in [2.75, 3.05) is 10.7 Å². The van der Waals surface area contributed by atoms with E-state index in [9.17, 15) is 4.79 Å². The van der Waals surface area contributed by atoms with Gasteiger partial charge in [-0.15, -0.1) is 5.10 Å². The van der Waals surface area contributed by atoms with Crippen molar-refractivity contribution in [2.45, 2.75) is 0 Å². The summed E-state index contributed by atoms with van der Waals surface area (Å²) in [6.07, 6.45) is 2.91. The zero-order valence-corrected chi connectivity index (χ0v) is 8.86. The maximum absolute atomic E-state index is 11.7. The summed E-state index contributed by atoms with van der Waals surface area (Å²) in [6.45, 7) is 0. The molecule has 4 N–H and O–H groups in total. The highest BCUT2D eigenvalue weighted by Crippen LogP contribution is 2.11. The van der Waals surface area contributed by atoms with Crippen LogP contribution >= 0.6 is 11.5 Å². The molecule has 2 aromatic rings. The third-order valence-electron chi connectivity index (χ3n) is 1.77. The van der Waals surface area contributed by atoms with Gasteiger partial charge in [0.05, 0.1) is 11.8 Å². The Labute approximate surface area is 94.8 Å². The molecular formula is C8H8N6OS. The maximum Gasteiger partial charge on any atom is 0.257 e. The number of carbonyl (C=O) groups is 1. The number of carbonyl (C=O) groups excluding carboxylic acids is 1. The maximum atomic E-state index is 11.7. The lowest BCUT2D eigenvalue weighted by atomic mass is 10.2. The van der Waals surface area contributed by atoms with Gasteiger partial charge in [-0.1, -0.05) is 4.49 Å². The van der Waals surface area contributed by atoms with Crippen LogP contribution in [0.3, 0.4) is 0 Å². The van der Waals surface area contributed by atoms with E-state index in [1.807, 2.05) is 0 Å². The second kappa shape index (κ2) is 4.64. The van der Waals surface area contributed by atoms with Gasteiger partial charge in [-0.05, 0) is 12.1 Å². The monoisotopic (exact) mass is 236 g/mol. The standard InChI is InChI=1S/C8H8N6OS/c9-13-6-2-1-5(3-10-6)8(15)12-7-4-11-14-16-7/h1-4H,9H2,(H,10,13)(H,12,15). The lowest BCUT2D eigenvalue weighted by molar-refractivity contribution is 0.102. The predicted octanol–water partition coefficient (Wildman–Crippen LogP) is 0.471. The fourth-order valence-electron chi connectivity index (χ4n) is 1.02. The van der Waals surface area contributed by atoms with Crippen molar-refractivity contribution in [1.82, 2.24) is 14.6 Å². The number of hydrazine groups is 1. The topological polar surface area (TPSA) is 106 Å². The number of pyridine rings is 1. The molecule has 0 bridgehead atoms. The number of hydrogen-bond acceptors (Lipinski definition) is 7. The summed E-state index contributed by atoms with van der Waals surface area (Å²) in [6, 6.07) is 3.23. The Kier molecular flexibility index (Phi) is 3.03.